The largest absolute Gasteiger partial charge is 0.494 e. The van der Waals surface area contributed by atoms with Crippen LogP contribution in [-0.4, -0.2) is 56.2 Å². The van der Waals surface area contributed by atoms with Gasteiger partial charge in [-0.25, -0.2) is 4.79 Å². The van der Waals surface area contributed by atoms with E-state index in [0.29, 0.717) is 51.4 Å². The van der Waals surface area contributed by atoms with E-state index in [2.05, 4.69) is 0 Å². The summed E-state index contributed by atoms with van der Waals surface area (Å²) in [4.78, 5) is 23.6. The van der Waals surface area contributed by atoms with Crippen LogP contribution in [0, 0.1) is 0 Å². The predicted octanol–water partition coefficient (Wildman–Crippen LogP) is 3.06. The fourth-order valence-corrected chi connectivity index (χ4v) is 2.68. The molecule has 0 saturated carbocycles. The summed E-state index contributed by atoms with van der Waals surface area (Å²) >= 11 is 0. The molecule has 0 aliphatic heterocycles. The first kappa shape index (κ1) is 24.9. The summed E-state index contributed by atoms with van der Waals surface area (Å²) < 4.78 is 21.5. The Balaban J connectivity index is 2.54. The normalized spacial score (nSPS) is 11.7. The molecule has 0 aliphatic carbocycles. The molecular formula is C22H34O7. The maximum Gasteiger partial charge on any atom is 0.335 e. The molecule has 0 bridgehead atoms. The zero-order chi connectivity index (χ0) is 21.3. The number of carbonyl (C=O) groups excluding carboxylic acids is 2. The number of ether oxygens (including phenoxy) is 4. The van der Waals surface area contributed by atoms with Gasteiger partial charge in [-0.05, 0) is 57.2 Å². The van der Waals surface area contributed by atoms with E-state index in [4.69, 9.17) is 24.1 Å². The number of aliphatic hydroxyl groups is 1. The van der Waals surface area contributed by atoms with Gasteiger partial charge < -0.3 is 24.1 Å². The summed E-state index contributed by atoms with van der Waals surface area (Å²) in [7, 11) is 0. The highest BCUT2D eigenvalue weighted by Crippen LogP contribution is 2.17. The van der Waals surface area contributed by atoms with Gasteiger partial charge in [0, 0.05) is 26.1 Å². The molecule has 0 spiro atoms. The average molecular weight is 411 g/mol. The van der Waals surface area contributed by atoms with Crippen LogP contribution in [0.2, 0.25) is 0 Å². The van der Waals surface area contributed by atoms with Crippen molar-refractivity contribution < 1.29 is 33.6 Å². The van der Waals surface area contributed by atoms with Gasteiger partial charge in [-0.2, -0.15) is 0 Å². The molecule has 1 rings (SSSR count). The fourth-order valence-electron chi connectivity index (χ4n) is 2.68. The topological polar surface area (TPSA) is 91.3 Å². The summed E-state index contributed by atoms with van der Waals surface area (Å²) in [6.07, 6.45) is 2.96. The Hall–Kier alpha value is -2.12. The van der Waals surface area contributed by atoms with Crippen LogP contribution in [0.3, 0.4) is 0 Å². The van der Waals surface area contributed by atoms with Crippen molar-refractivity contribution in [2.24, 2.45) is 0 Å². The van der Waals surface area contributed by atoms with Crippen molar-refractivity contribution in [1.29, 1.82) is 0 Å². The Kier molecular flexibility index (Phi) is 13.5. The van der Waals surface area contributed by atoms with Gasteiger partial charge in [-0.15, -0.1) is 0 Å². The van der Waals surface area contributed by atoms with Crippen molar-refractivity contribution in [1.82, 2.24) is 0 Å². The zero-order valence-electron chi connectivity index (χ0n) is 17.6. The third-order valence-corrected chi connectivity index (χ3v) is 4.09. The Morgan fingerprint density at radius 2 is 1.79 bits per heavy atom. The summed E-state index contributed by atoms with van der Waals surface area (Å²) in [5.41, 5.74) is 0.904. The monoisotopic (exact) mass is 410 g/mol. The van der Waals surface area contributed by atoms with E-state index in [-0.39, 0.29) is 18.5 Å². The summed E-state index contributed by atoms with van der Waals surface area (Å²) in [6.45, 7) is 5.23. The van der Waals surface area contributed by atoms with Gasteiger partial charge in [0.25, 0.3) is 0 Å². The molecule has 0 fully saturated rings. The molecule has 1 atom stereocenters. The highest BCUT2D eigenvalue weighted by molar-refractivity contribution is 5.75. The second-order valence-corrected chi connectivity index (χ2v) is 6.50. The molecule has 1 aromatic carbocycles. The SMILES string of the molecule is CCOC(=O)CCCOc1cccc(CC(OCCCCCO)C(=O)OCC)c1. The molecule has 7 heteroatoms. The van der Waals surface area contributed by atoms with Crippen molar-refractivity contribution in [3.63, 3.8) is 0 Å². The first-order chi connectivity index (χ1) is 14.1. The Bertz CT molecular complexity index is 588. The van der Waals surface area contributed by atoms with Gasteiger partial charge >= 0.3 is 11.9 Å². The highest BCUT2D eigenvalue weighted by atomic mass is 16.6. The van der Waals surface area contributed by atoms with Gasteiger partial charge in [0.1, 0.15) is 5.75 Å². The maximum atomic E-state index is 12.2. The van der Waals surface area contributed by atoms with E-state index in [0.717, 1.165) is 24.8 Å². The van der Waals surface area contributed by atoms with Gasteiger partial charge in [-0.3, -0.25) is 4.79 Å². The molecule has 0 amide bonds. The van der Waals surface area contributed by atoms with Crippen LogP contribution in [0.4, 0.5) is 0 Å². The van der Waals surface area contributed by atoms with E-state index in [1.54, 1.807) is 13.8 Å². The van der Waals surface area contributed by atoms with E-state index in [9.17, 15) is 9.59 Å². The third-order valence-electron chi connectivity index (χ3n) is 4.09. The molecule has 29 heavy (non-hydrogen) atoms. The van der Waals surface area contributed by atoms with Crippen LogP contribution < -0.4 is 4.74 Å². The number of benzene rings is 1. The molecule has 7 nitrogen and oxygen atoms in total. The minimum absolute atomic E-state index is 0.161. The zero-order valence-corrected chi connectivity index (χ0v) is 17.6. The van der Waals surface area contributed by atoms with Gasteiger partial charge in [0.15, 0.2) is 6.10 Å². The third kappa shape index (κ3) is 11.5. The number of carbonyl (C=O) groups is 2. The van der Waals surface area contributed by atoms with Gasteiger partial charge in [0.2, 0.25) is 0 Å². The average Bonchev–Trinajstić information content (AvgIpc) is 2.71. The summed E-state index contributed by atoms with van der Waals surface area (Å²) in [6, 6.07) is 7.47. The van der Waals surface area contributed by atoms with Crippen LogP contribution in [0.1, 0.15) is 51.5 Å². The van der Waals surface area contributed by atoms with Crippen LogP contribution in [0.15, 0.2) is 24.3 Å². The minimum atomic E-state index is -0.678. The first-order valence-corrected chi connectivity index (χ1v) is 10.4. The van der Waals surface area contributed by atoms with Crippen LogP contribution in [0.25, 0.3) is 0 Å². The quantitative estimate of drug-likeness (QED) is 0.331. The molecule has 0 aromatic heterocycles. The molecule has 1 aromatic rings. The lowest BCUT2D eigenvalue weighted by Crippen LogP contribution is -2.29. The summed E-state index contributed by atoms with van der Waals surface area (Å²) in [5, 5.41) is 8.83. The smallest absolute Gasteiger partial charge is 0.335 e. The number of unbranched alkanes of at least 4 members (excludes halogenated alkanes) is 2. The Morgan fingerprint density at radius 1 is 1.00 bits per heavy atom. The van der Waals surface area contributed by atoms with E-state index in [1.165, 1.54) is 0 Å². The van der Waals surface area contributed by atoms with E-state index < -0.39 is 6.10 Å². The number of rotatable bonds is 16. The van der Waals surface area contributed by atoms with Crippen molar-refractivity contribution in [2.75, 3.05) is 33.0 Å². The molecule has 0 heterocycles. The van der Waals surface area contributed by atoms with E-state index in [1.807, 2.05) is 24.3 Å². The lowest BCUT2D eigenvalue weighted by molar-refractivity contribution is -0.156. The second kappa shape index (κ2) is 15.8. The van der Waals surface area contributed by atoms with Gasteiger partial charge in [-0.1, -0.05) is 12.1 Å². The van der Waals surface area contributed by atoms with Crippen LogP contribution >= 0.6 is 0 Å². The highest BCUT2D eigenvalue weighted by Gasteiger charge is 2.21. The number of aliphatic hydroxyl groups excluding tert-OH is 1. The standard InChI is InChI=1S/C22H34O7/c1-3-26-21(24)12-9-15-28-19-11-8-10-18(16-19)17-20(22(25)27-4-2)29-14-7-5-6-13-23/h8,10-11,16,20,23H,3-7,9,12-15,17H2,1-2H3. The van der Waals surface area contributed by atoms with Gasteiger partial charge in [0.05, 0.1) is 19.8 Å². The number of esters is 2. The van der Waals surface area contributed by atoms with Crippen LogP contribution in [0.5, 0.6) is 5.75 Å². The molecule has 1 unspecified atom stereocenters. The Morgan fingerprint density at radius 3 is 2.52 bits per heavy atom. The number of hydrogen-bond acceptors (Lipinski definition) is 7. The lowest BCUT2D eigenvalue weighted by atomic mass is 10.1. The van der Waals surface area contributed by atoms with Crippen molar-refractivity contribution in [3.8, 4) is 5.75 Å². The van der Waals surface area contributed by atoms with Crippen molar-refractivity contribution in [2.45, 2.75) is 58.5 Å². The minimum Gasteiger partial charge on any atom is -0.494 e. The molecule has 0 aliphatic rings. The maximum absolute atomic E-state index is 12.2. The lowest BCUT2D eigenvalue weighted by Gasteiger charge is -2.17. The Labute approximate surface area is 173 Å². The van der Waals surface area contributed by atoms with Crippen molar-refractivity contribution in [3.05, 3.63) is 29.8 Å². The first-order valence-electron chi connectivity index (χ1n) is 10.4. The molecular weight excluding hydrogens is 376 g/mol. The van der Waals surface area contributed by atoms with Crippen LogP contribution in [-0.2, 0) is 30.2 Å². The molecule has 0 radical (unpaired) electrons. The predicted molar refractivity (Wildman–Crippen MR) is 109 cm³/mol. The molecule has 0 saturated heterocycles. The second-order valence-electron chi connectivity index (χ2n) is 6.50. The molecule has 1 N–H and O–H groups in total. The van der Waals surface area contributed by atoms with Crippen molar-refractivity contribution >= 4 is 11.9 Å². The van der Waals surface area contributed by atoms with E-state index >= 15 is 0 Å². The summed E-state index contributed by atoms with van der Waals surface area (Å²) in [5.74, 6) is 0.0746. The number of hydrogen-bond donors (Lipinski definition) is 1. The molecule has 164 valence electrons. The fraction of sp³-hybridized carbons (Fsp3) is 0.636.